The van der Waals surface area contributed by atoms with Crippen LogP contribution in [0.5, 0.6) is 5.75 Å². The van der Waals surface area contributed by atoms with Crippen LogP contribution in [0.2, 0.25) is 0 Å². The van der Waals surface area contributed by atoms with Crippen LogP contribution in [-0.4, -0.2) is 17.4 Å². The number of carbonyl (C=O) groups is 1. The Hall–Kier alpha value is -3.98. The zero-order valence-corrected chi connectivity index (χ0v) is 17.8. The molecule has 154 valence electrons. The molecular weight excluding hydrogens is 394 g/mol. The van der Waals surface area contributed by atoms with Gasteiger partial charge >= 0.3 is 0 Å². The van der Waals surface area contributed by atoms with Gasteiger partial charge < -0.3 is 4.74 Å². The first kappa shape index (κ1) is 18.8. The second-order valence-corrected chi connectivity index (χ2v) is 8.14. The lowest BCUT2D eigenvalue weighted by atomic mass is 9.93. The molecule has 1 heterocycles. The molecule has 0 fully saturated rings. The van der Waals surface area contributed by atoms with Gasteiger partial charge in [0.25, 0.3) is 0 Å². The van der Waals surface area contributed by atoms with Gasteiger partial charge in [-0.25, -0.2) is 4.98 Å². The van der Waals surface area contributed by atoms with Crippen molar-refractivity contribution in [3.63, 3.8) is 0 Å². The van der Waals surface area contributed by atoms with E-state index in [0.29, 0.717) is 12.2 Å². The summed E-state index contributed by atoms with van der Waals surface area (Å²) >= 11 is 0. The quantitative estimate of drug-likeness (QED) is 0.289. The van der Waals surface area contributed by atoms with Crippen molar-refractivity contribution in [2.75, 3.05) is 6.61 Å². The van der Waals surface area contributed by atoms with Gasteiger partial charge in [-0.2, -0.15) is 0 Å². The maximum atomic E-state index is 13.6. The van der Waals surface area contributed by atoms with Gasteiger partial charge in [0.2, 0.25) is 0 Å². The van der Waals surface area contributed by atoms with E-state index >= 15 is 0 Å². The number of hydrogen-bond donors (Lipinski definition) is 0. The summed E-state index contributed by atoms with van der Waals surface area (Å²) in [4.78, 5) is 18.6. The van der Waals surface area contributed by atoms with Gasteiger partial charge in [0, 0.05) is 22.1 Å². The van der Waals surface area contributed by atoms with Gasteiger partial charge in [0.05, 0.1) is 23.4 Å². The number of nitrogens with zero attached hydrogens (tertiary/aromatic N) is 1. The summed E-state index contributed by atoms with van der Waals surface area (Å²) in [6.07, 6.45) is 0.961. The molecule has 0 unspecified atom stereocenters. The lowest BCUT2D eigenvalue weighted by Crippen LogP contribution is -2.01. The number of fused-ring (bicyclic) bond motifs is 7. The van der Waals surface area contributed by atoms with Crippen molar-refractivity contribution < 1.29 is 9.53 Å². The fourth-order valence-electron chi connectivity index (χ4n) is 4.70. The van der Waals surface area contributed by atoms with Gasteiger partial charge in [0.1, 0.15) is 5.75 Å². The van der Waals surface area contributed by atoms with Gasteiger partial charge in [-0.15, -0.1) is 0 Å². The van der Waals surface area contributed by atoms with Crippen LogP contribution < -0.4 is 4.74 Å². The Bertz CT molecular complexity index is 1520. The molecule has 3 nitrogen and oxygen atoms in total. The van der Waals surface area contributed by atoms with E-state index in [9.17, 15) is 4.79 Å². The van der Waals surface area contributed by atoms with Crippen LogP contribution in [0, 0.1) is 0 Å². The number of carbonyl (C=O) groups excluding carboxylic acids is 1. The molecule has 32 heavy (non-hydrogen) atoms. The maximum Gasteiger partial charge on any atom is 0.196 e. The summed E-state index contributed by atoms with van der Waals surface area (Å²) in [6.45, 7) is 2.77. The Morgan fingerprint density at radius 3 is 2.34 bits per heavy atom. The van der Waals surface area contributed by atoms with Gasteiger partial charge in [-0.05, 0) is 53.1 Å². The predicted octanol–water partition coefficient (Wildman–Crippen LogP) is 7.06. The zero-order chi connectivity index (χ0) is 21.7. The summed E-state index contributed by atoms with van der Waals surface area (Å²) in [6, 6.07) is 28.3. The molecule has 0 amide bonds. The molecule has 0 aliphatic heterocycles. The minimum atomic E-state index is 0.0410. The molecule has 0 atom stereocenters. The largest absolute Gasteiger partial charge is 0.494 e. The van der Waals surface area contributed by atoms with Crippen molar-refractivity contribution in [1.29, 1.82) is 0 Å². The second kappa shape index (κ2) is 7.31. The standard InChI is InChI=1S/C29H21NO2/c1-2-17-32-20-14-11-19(12-15-20)28-27-26(22-9-5-6-10-23(22)29(27)31)25-21-8-4-3-7-18(21)13-16-24(25)30-28/h3-16H,2,17H2,1H3. The molecule has 0 spiro atoms. The van der Waals surface area contributed by atoms with E-state index < -0.39 is 0 Å². The topological polar surface area (TPSA) is 39.2 Å². The van der Waals surface area contributed by atoms with Gasteiger partial charge in [-0.3, -0.25) is 4.79 Å². The fraction of sp³-hybridized carbons (Fsp3) is 0.103. The van der Waals surface area contributed by atoms with Crippen LogP contribution in [0.4, 0.5) is 0 Å². The third kappa shape index (κ3) is 2.75. The summed E-state index contributed by atoms with van der Waals surface area (Å²) in [5.74, 6) is 0.868. The molecule has 1 aromatic heterocycles. The monoisotopic (exact) mass is 415 g/mol. The molecule has 6 rings (SSSR count). The van der Waals surface area contributed by atoms with Crippen molar-refractivity contribution in [2.45, 2.75) is 13.3 Å². The summed E-state index contributed by atoms with van der Waals surface area (Å²) < 4.78 is 5.74. The zero-order valence-electron chi connectivity index (χ0n) is 17.8. The van der Waals surface area contributed by atoms with E-state index in [0.717, 1.165) is 61.8 Å². The van der Waals surface area contributed by atoms with Crippen molar-refractivity contribution in [1.82, 2.24) is 4.98 Å². The molecule has 1 aliphatic carbocycles. The number of benzene rings is 4. The van der Waals surface area contributed by atoms with E-state index in [4.69, 9.17) is 9.72 Å². The third-order valence-electron chi connectivity index (χ3n) is 6.14. The first-order valence-corrected chi connectivity index (χ1v) is 11.0. The number of rotatable bonds is 4. The number of ether oxygens (including phenoxy) is 1. The molecule has 4 aromatic carbocycles. The number of aromatic nitrogens is 1. The Kier molecular flexibility index (Phi) is 4.29. The number of pyridine rings is 1. The van der Waals surface area contributed by atoms with Gasteiger partial charge in [-0.1, -0.05) is 61.5 Å². The normalized spacial score (nSPS) is 12.2. The molecular formula is C29H21NO2. The number of hydrogen-bond acceptors (Lipinski definition) is 3. The fourth-order valence-corrected chi connectivity index (χ4v) is 4.70. The highest BCUT2D eigenvalue weighted by Crippen LogP contribution is 2.46. The Balaban J connectivity index is 1.67. The summed E-state index contributed by atoms with van der Waals surface area (Å²) in [5.41, 5.74) is 5.96. The highest BCUT2D eigenvalue weighted by atomic mass is 16.5. The summed E-state index contributed by atoms with van der Waals surface area (Å²) in [5, 5.41) is 3.31. The van der Waals surface area contributed by atoms with Crippen LogP contribution in [0.1, 0.15) is 29.3 Å². The SMILES string of the molecule is CCCOc1ccc(-c2nc3ccc4ccccc4c3c3c2C(=O)c2ccccc2-3)cc1. The van der Waals surface area contributed by atoms with Crippen LogP contribution in [-0.2, 0) is 0 Å². The Labute approximate surface area is 186 Å². The molecule has 0 bridgehead atoms. The van der Waals surface area contributed by atoms with Crippen molar-refractivity contribution in [2.24, 2.45) is 0 Å². The molecule has 0 saturated carbocycles. The highest BCUT2D eigenvalue weighted by molar-refractivity contribution is 6.30. The smallest absolute Gasteiger partial charge is 0.196 e. The molecule has 1 aliphatic rings. The predicted molar refractivity (Wildman–Crippen MR) is 129 cm³/mol. The van der Waals surface area contributed by atoms with Crippen molar-refractivity contribution >= 4 is 27.5 Å². The minimum absolute atomic E-state index is 0.0410. The second-order valence-electron chi connectivity index (χ2n) is 8.14. The Morgan fingerprint density at radius 2 is 1.53 bits per heavy atom. The molecule has 3 heteroatoms. The van der Waals surface area contributed by atoms with Crippen LogP contribution in [0.3, 0.4) is 0 Å². The number of ketones is 1. The average molecular weight is 415 g/mol. The Morgan fingerprint density at radius 1 is 0.781 bits per heavy atom. The molecule has 0 N–H and O–H groups in total. The van der Waals surface area contributed by atoms with Crippen LogP contribution >= 0.6 is 0 Å². The lowest BCUT2D eigenvalue weighted by molar-refractivity contribution is 0.104. The van der Waals surface area contributed by atoms with Gasteiger partial charge in [0.15, 0.2) is 5.78 Å². The van der Waals surface area contributed by atoms with Crippen molar-refractivity contribution in [3.8, 4) is 28.1 Å². The molecule has 5 aromatic rings. The lowest BCUT2D eigenvalue weighted by Gasteiger charge is -2.14. The first-order valence-electron chi connectivity index (χ1n) is 11.0. The maximum absolute atomic E-state index is 13.6. The highest BCUT2D eigenvalue weighted by Gasteiger charge is 2.32. The first-order chi connectivity index (χ1) is 15.8. The molecule has 0 radical (unpaired) electrons. The molecule has 0 saturated heterocycles. The minimum Gasteiger partial charge on any atom is -0.494 e. The van der Waals surface area contributed by atoms with Crippen LogP contribution in [0.15, 0.2) is 84.9 Å². The summed E-state index contributed by atoms with van der Waals surface area (Å²) in [7, 11) is 0. The van der Waals surface area contributed by atoms with Crippen LogP contribution in [0.25, 0.3) is 44.1 Å². The third-order valence-corrected chi connectivity index (χ3v) is 6.14. The average Bonchev–Trinajstić information content (AvgIpc) is 3.15. The van der Waals surface area contributed by atoms with E-state index in [1.54, 1.807) is 0 Å². The van der Waals surface area contributed by atoms with E-state index in [1.807, 2.05) is 60.7 Å². The van der Waals surface area contributed by atoms with E-state index in [1.165, 1.54) is 0 Å². The van der Waals surface area contributed by atoms with Crippen molar-refractivity contribution in [3.05, 3.63) is 96.1 Å². The van der Waals surface area contributed by atoms with E-state index in [-0.39, 0.29) is 5.78 Å². The van der Waals surface area contributed by atoms with E-state index in [2.05, 4.69) is 31.2 Å².